The van der Waals surface area contributed by atoms with Crippen LogP contribution in [0, 0.1) is 17.2 Å². The normalized spacial score (nSPS) is 28.8. The molecule has 3 rings (SSSR count). The highest BCUT2D eigenvalue weighted by Crippen LogP contribution is 2.37. The van der Waals surface area contributed by atoms with Gasteiger partial charge in [-0.15, -0.1) is 0 Å². The van der Waals surface area contributed by atoms with Crippen molar-refractivity contribution < 1.29 is 4.74 Å². The van der Waals surface area contributed by atoms with Crippen molar-refractivity contribution in [1.82, 2.24) is 4.90 Å². The lowest BCUT2D eigenvalue weighted by molar-refractivity contribution is -0.0139. The van der Waals surface area contributed by atoms with Crippen molar-refractivity contribution in [1.29, 1.82) is 5.26 Å². The van der Waals surface area contributed by atoms with Crippen LogP contribution in [0.3, 0.4) is 0 Å². The van der Waals surface area contributed by atoms with Gasteiger partial charge in [0.15, 0.2) is 0 Å². The number of nitrogens with zero attached hydrogens (tertiary/aromatic N) is 3. The molecule has 1 atom stereocenters. The first-order valence-electron chi connectivity index (χ1n) is 7.65. The van der Waals surface area contributed by atoms with Crippen molar-refractivity contribution in [2.24, 2.45) is 10.9 Å². The van der Waals surface area contributed by atoms with Gasteiger partial charge in [-0.2, -0.15) is 5.26 Å². The lowest BCUT2D eigenvalue weighted by Gasteiger charge is -2.40. The average Bonchev–Trinajstić information content (AvgIpc) is 2.46. The first-order chi connectivity index (χ1) is 10.0. The molecule has 1 unspecified atom stereocenters. The maximum absolute atomic E-state index is 9.47. The molecular formula is C16H21N3OS. The van der Waals surface area contributed by atoms with Gasteiger partial charge in [0.1, 0.15) is 16.7 Å². The molecule has 3 heterocycles. The zero-order valence-electron chi connectivity index (χ0n) is 12.7. The van der Waals surface area contributed by atoms with Crippen molar-refractivity contribution >= 4 is 23.0 Å². The van der Waals surface area contributed by atoms with E-state index in [1.54, 1.807) is 0 Å². The van der Waals surface area contributed by atoms with Crippen LogP contribution in [0.15, 0.2) is 16.1 Å². The molecule has 0 aromatic carbocycles. The summed E-state index contributed by atoms with van der Waals surface area (Å²) in [6.07, 6.45) is 4.43. The molecule has 0 aromatic rings. The predicted octanol–water partition coefficient (Wildman–Crippen LogP) is 2.85. The number of hydrogen-bond acceptors (Lipinski definition) is 4. The average molecular weight is 303 g/mol. The molecular weight excluding hydrogens is 282 g/mol. The van der Waals surface area contributed by atoms with Crippen LogP contribution >= 0.6 is 12.2 Å². The fourth-order valence-corrected chi connectivity index (χ4v) is 3.63. The number of rotatable bonds is 0. The highest BCUT2D eigenvalue weighted by atomic mass is 32.1. The van der Waals surface area contributed by atoms with Crippen LogP contribution in [0.4, 0.5) is 0 Å². The Morgan fingerprint density at radius 2 is 2.05 bits per heavy atom. The third-order valence-corrected chi connectivity index (χ3v) is 4.80. The number of nitriles is 1. The molecule has 0 saturated carbocycles. The molecule has 5 heteroatoms. The summed E-state index contributed by atoms with van der Waals surface area (Å²) < 4.78 is 5.97. The molecule has 4 nitrogen and oxygen atoms in total. The van der Waals surface area contributed by atoms with Gasteiger partial charge < -0.3 is 9.64 Å². The second-order valence-electron chi connectivity index (χ2n) is 6.61. The number of likely N-dealkylation sites (tertiary alicyclic amines) is 1. The van der Waals surface area contributed by atoms with Gasteiger partial charge in [-0.3, -0.25) is 0 Å². The van der Waals surface area contributed by atoms with E-state index >= 15 is 0 Å². The topological polar surface area (TPSA) is 48.6 Å². The van der Waals surface area contributed by atoms with Gasteiger partial charge in [-0.1, -0.05) is 12.2 Å². The number of piperidine rings is 1. The maximum atomic E-state index is 9.47. The summed E-state index contributed by atoms with van der Waals surface area (Å²) in [5.74, 6) is 0.614. The molecule has 1 saturated heterocycles. The highest BCUT2D eigenvalue weighted by molar-refractivity contribution is 7.80. The van der Waals surface area contributed by atoms with E-state index in [1.165, 1.54) is 19.3 Å². The Morgan fingerprint density at radius 3 is 2.71 bits per heavy atom. The Labute approximate surface area is 131 Å². The first-order valence-corrected chi connectivity index (χ1v) is 8.06. The van der Waals surface area contributed by atoms with E-state index in [9.17, 15) is 5.26 Å². The fraction of sp³-hybridized carbons (Fsp3) is 0.688. The van der Waals surface area contributed by atoms with Crippen LogP contribution in [0.2, 0.25) is 0 Å². The van der Waals surface area contributed by atoms with Gasteiger partial charge in [-0.05, 0) is 45.1 Å². The van der Waals surface area contributed by atoms with Crippen LogP contribution in [0.5, 0.6) is 0 Å². The molecule has 0 amide bonds. The van der Waals surface area contributed by atoms with Gasteiger partial charge in [0.2, 0.25) is 0 Å². The Bertz CT molecular complexity index is 565. The minimum atomic E-state index is -0.355. The lowest BCUT2D eigenvalue weighted by atomic mass is 9.82. The van der Waals surface area contributed by atoms with Gasteiger partial charge in [0.25, 0.3) is 0 Å². The second kappa shape index (κ2) is 5.51. The number of aliphatic imine (C=N–C) groups is 1. The Morgan fingerprint density at radius 1 is 1.33 bits per heavy atom. The molecule has 1 fully saturated rings. The Hall–Kier alpha value is -1.25. The zero-order chi connectivity index (χ0) is 15.0. The Kier molecular flexibility index (Phi) is 3.85. The summed E-state index contributed by atoms with van der Waals surface area (Å²) >= 11 is 5.40. The predicted molar refractivity (Wildman–Crippen MR) is 86.2 cm³/mol. The van der Waals surface area contributed by atoms with E-state index in [0.29, 0.717) is 11.6 Å². The quantitative estimate of drug-likeness (QED) is 0.646. The number of thiocarbonyl (C=S) groups is 1. The van der Waals surface area contributed by atoms with Gasteiger partial charge in [0.05, 0.1) is 18.3 Å². The van der Waals surface area contributed by atoms with E-state index in [-0.39, 0.29) is 11.5 Å². The van der Waals surface area contributed by atoms with E-state index < -0.39 is 0 Å². The molecule has 3 aliphatic heterocycles. The van der Waals surface area contributed by atoms with E-state index in [0.717, 1.165) is 36.5 Å². The largest absolute Gasteiger partial charge is 0.370 e. The number of amidine groups is 1. The van der Waals surface area contributed by atoms with Gasteiger partial charge in [0, 0.05) is 18.7 Å². The third kappa shape index (κ3) is 2.75. The number of dihydropyridines is 1. The summed E-state index contributed by atoms with van der Waals surface area (Å²) in [6, 6.07) is 2.33. The van der Waals surface area contributed by atoms with Crippen LogP contribution in [-0.2, 0) is 4.74 Å². The molecule has 0 spiro atoms. The number of hydrogen-bond donors (Lipinski definition) is 0. The first kappa shape index (κ1) is 14.7. The molecule has 0 aliphatic carbocycles. The Balaban J connectivity index is 1.99. The van der Waals surface area contributed by atoms with E-state index in [1.807, 2.05) is 0 Å². The van der Waals surface area contributed by atoms with Crippen LogP contribution in [0.25, 0.3) is 0 Å². The summed E-state index contributed by atoms with van der Waals surface area (Å²) in [5.41, 5.74) is 2.01. The van der Waals surface area contributed by atoms with Crippen molar-refractivity contribution in [2.75, 3.05) is 19.7 Å². The fourth-order valence-electron chi connectivity index (χ4n) is 3.35. The van der Waals surface area contributed by atoms with Crippen molar-refractivity contribution in [3.05, 3.63) is 11.1 Å². The molecule has 112 valence electrons. The van der Waals surface area contributed by atoms with Crippen molar-refractivity contribution in [3.63, 3.8) is 0 Å². The molecule has 0 bridgehead atoms. The molecule has 0 aromatic heterocycles. The molecule has 0 radical (unpaired) electrons. The summed E-state index contributed by atoms with van der Waals surface area (Å²) in [7, 11) is 0. The minimum Gasteiger partial charge on any atom is -0.370 e. The zero-order valence-corrected chi connectivity index (χ0v) is 13.5. The van der Waals surface area contributed by atoms with Crippen LogP contribution < -0.4 is 0 Å². The second-order valence-corrected chi connectivity index (χ2v) is 7.03. The monoisotopic (exact) mass is 303 g/mol. The number of ether oxygens (including phenoxy) is 1. The summed E-state index contributed by atoms with van der Waals surface area (Å²) in [4.78, 5) is 7.45. The maximum Gasteiger partial charge on any atom is 0.135 e. The molecule has 21 heavy (non-hydrogen) atoms. The third-order valence-electron chi connectivity index (χ3n) is 4.48. The minimum absolute atomic E-state index is 0.228. The van der Waals surface area contributed by atoms with Crippen molar-refractivity contribution in [3.8, 4) is 6.07 Å². The molecule has 0 N–H and O–H groups in total. The lowest BCUT2D eigenvalue weighted by Crippen LogP contribution is -2.45. The van der Waals surface area contributed by atoms with Crippen LogP contribution in [-0.4, -0.2) is 41.0 Å². The molecule has 3 aliphatic rings. The summed E-state index contributed by atoms with van der Waals surface area (Å²) in [6.45, 7) is 6.73. The standard InChI is InChI=1S/C16H21N3OS/c1-16(2)8-11-12(9-17)15(21)18-14(13(11)10-20-16)19-6-4-3-5-7-19/h12H,3-8,10H2,1-2H3. The van der Waals surface area contributed by atoms with Gasteiger partial charge >= 0.3 is 0 Å². The SMILES string of the molecule is CC1(C)CC2=C(CO1)C(N1CCCCC1)=NC(=S)C2C#N. The van der Waals surface area contributed by atoms with Crippen molar-refractivity contribution in [2.45, 2.75) is 45.1 Å². The van der Waals surface area contributed by atoms with E-state index in [2.05, 4.69) is 29.8 Å². The highest BCUT2D eigenvalue weighted by Gasteiger charge is 2.39. The van der Waals surface area contributed by atoms with Crippen LogP contribution in [0.1, 0.15) is 39.5 Å². The summed E-state index contributed by atoms with van der Waals surface area (Å²) in [5, 5.41) is 9.47. The van der Waals surface area contributed by atoms with Gasteiger partial charge in [-0.25, -0.2) is 4.99 Å². The van der Waals surface area contributed by atoms with E-state index in [4.69, 9.17) is 17.0 Å². The smallest absolute Gasteiger partial charge is 0.135 e.